The zero-order valence-corrected chi connectivity index (χ0v) is 15.1. The van der Waals surface area contributed by atoms with Gasteiger partial charge < -0.3 is 14.2 Å². The van der Waals surface area contributed by atoms with E-state index in [4.69, 9.17) is 0 Å². The maximum Gasteiger partial charge on any atom is 0.534 e. The molecule has 1 unspecified atom stereocenters. The standard InChI is InChI=1S/C16H20F3NO5S/c1-10(2)7-12-9-20(15(21)22)6-5-11-8-13(3-4-14(11)12)25-26(23,24)16(17,18)19/h3-4,8,10,12H,5-7,9H2,1-2H3,(H,21,22). The predicted molar refractivity (Wildman–Crippen MR) is 87.5 cm³/mol. The third kappa shape index (κ3) is 4.60. The summed E-state index contributed by atoms with van der Waals surface area (Å²) in [6.45, 7) is 4.43. The lowest BCUT2D eigenvalue weighted by atomic mass is 9.87. The molecule has 0 fully saturated rings. The third-order valence-corrected chi connectivity index (χ3v) is 5.14. The largest absolute Gasteiger partial charge is 0.534 e. The minimum absolute atomic E-state index is 0.128. The Balaban J connectivity index is 2.36. The summed E-state index contributed by atoms with van der Waals surface area (Å²) in [5.41, 5.74) is -4.12. The summed E-state index contributed by atoms with van der Waals surface area (Å²) < 4.78 is 64.0. The fourth-order valence-corrected chi connectivity index (χ4v) is 3.53. The summed E-state index contributed by atoms with van der Waals surface area (Å²) in [6.07, 6.45) is -0.111. The number of hydrogen-bond donors (Lipinski definition) is 1. The Bertz CT molecular complexity index is 777. The number of alkyl halides is 3. The molecule has 1 aliphatic heterocycles. The van der Waals surface area contributed by atoms with Crippen molar-refractivity contribution in [3.63, 3.8) is 0 Å². The molecule has 26 heavy (non-hydrogen) atoms. The van der Waals surface area contributed by atoms with Gasteiger partial charge in [-0.15, -0.1) is 0 Å². The number of nitrogens with zero attached hydrogens (tertiary/aromatic N) is 1. The molecule has 6 nitrogen and oxygen atoms in total. The van der Waals surface area contributed by atoms with Gasteiger partial charge in [0.2, 0.25) is 0 Å². The minimum atomic E-state index is -5.75. The molecule has 0 radical (unpaired) electrons. The van der Waals surface area contributed by atoms with Crippen LogP contribution in [0.4, 0.5) is 18.0 Å². The summed E-state index contributed by atoms with van der Waals surface area (Å²) in [6, 6.07) is 3.94. The monoisotopic (exact) mass is 395 g/mol. The molecule has 1 amide bonds. The van der Waals surface area contributed by atoms with Gasteiger partial charge in [-0.2, -0.15) is 21.6 Å². The summed E-state index contributed by atoms with van der Waals surface area (Å²) in [5, 5.41) is 9.29. The molecule has 1 heterocycles. The molecular formula is C16H20F3NO5S. The Morgan fingerprint density at radius 3 is 2.58 bits per heavy atom. The van der Waals surface area contributed by atoms with Crippen LogP contribution in [0.1, 0.15) is 37.3 Å². The van der Waals surface area contributed by atoms with E-state index in [9.17, 15) is 31.5 Å². The Labute approximate surface area is 149 Å². The SMILES string of the molecule is CC(C)CC1CN(C(=O)O)CCc2cc(OS(=O)(=O)C(F)(F)F)ccc21. The van der Waals surface area contributed by atoms with Crippen molar-refractivity contribution in [3.05, 3.63) is 29.3 Å². The number of rotatable bonds is 4. The molecule has 1 aromatic rings. The van der Waals surface area contributed by atoms with E-state index in [1.54, 1.807) is 0 Å². The Kier molecular flexibility index (Phi) is 5.74. The second kappa shape index (κ2) is 7.34. The van der Waals surface area contributed by atoms with Gasteiger partial charge in [0.1, 0.15) is 5.75 Å². The molecule has 0 aromatic heterocycles. The highest BCUT2D eigenvalue weighted by atomic mass is 32.2. The highest BCUT2D eigenvalue weighted by Crippen LogP contribution is 2.34. The number of benzene rings is 1. The lowest BCUT2D eigenvalue weighted by Gasteiger charge is -2.24. The summed E-state index contributed by atoms with van der Waals surface area (Å²) >= 11 is 0. The van der Waals surface area contributed by atoms with E-state index < -0.39 is 27.5 Å². The molecule has 1 aromatic carbocycles. The molecule has 1 N–H and O–H groups in total. The van der Waals surface area contributed by atoms with E-state index in [0.717, 1.165) is 5.56 Å². The molecule has 0 saturated heterocycles. The summed E-state index contributed by atoms with van der Waals surface area (Å²) in [7, 11) is -5.75. The number of halogens is 3. The van der Waals surface area contributed by atoms with Gasteiger partial charge in [-0.25, -0.2) is 4.79 Å². The highest BCUT2D eigenvalue weighted by Gasteiger charge is 2.48. The Morgan fingerprint density at radius 1 is 1.38 bits per heavy atom. The molecule has 1 atom stereocenters. The van der Waals surface area contributed by atoms with Crippen LogP contribution < -0.4 is 4.18 Å². The van der Waals surface area contributed by atoms with Crippen LogP contribution in [0.15, 0.2) is 18.2 Å². The molecule has 0 saturated carbocycles. The maximum atomic E-state index is 12.5. The van der Waals surface area contributed by atoms with Gasteiger partial charge in [0.15, 0.2) is 0 Å². The van der Waals surface area contributed by atoms with Gasteiger partial charge in [0.05, 0.1) is 0 Å². The first-order valence-corrected chi connectivity index (χ1v) is 9.43. The van der Waals surface area contributed by atoms with E-state index in [-0.39, 0.29) is 31.3 Å². The minimum Gasteiger partial charge on any atom is -0.465 e. The van der Waals surface area contributed by atoms with E-state index >= 15 is 0 Å². The molecule has 0 aliphatic carbocycles. The van der Waals surface area contributed by atoms with E-state index in [0.29, 0.717) is 12.0 Å². The Morgan fingerprint density at radius 2 is 2.04 bits per heavy atom. The van der Waals surface area contributed by atoms with E-state index in [2.05, 4.69) is 4.18 Å². The van der Waals surface area contributed by atoms with Crippen LogP contribution in [-0.4, -0.2) is 43.1 Å². The zero-order valence-electron chi connectivity index (χ0n) is 14.3. The molecule has 146 valence electrons. The fourth-order valence-electron chi connectivity index (χ4n) is 3.08. The number of fused-ring (bicyclic) bond motifs is 1. The third-order valence-electron chi connectivity index (χ3n) is 4.16. The van der Waals surface area contributed by atoms with Crippen molar-refractivity contribution >= 4 is 16.2 Å². The second-order valence-corrected chi connectivity index (χ2v) is 8.19. The Hall–Kier alpha value is -1.97. The number of carbonyl (C=O) groups is 1. The fraction of sp³-hybridized carbons (Fsp3) is 0.562. The first kappa shape index (κ1) is 20.3. The first-order valence-electron chi connectivity index (χ1n) is 8.02. The normalized spacial score (nSPS) is 18.4. The molecule has 2 rings (SSSR count). The lowest BCUT2D eigenvalue weighted by molar-refractivity contribution is -0.0500. The van der Waals surface area contributed by atoms with Gasteiger partial charge in [-0.3, -0.25) is 0 Å². The van der Waals surface area contributed by atoms with Crippen molar-refractivity contribution in [1.82, 2.24) is 4.90 Å². The van der Waals surface area contributed by atoms with Crippen LogP contribution in [0.25, 0.3) is 0 Å². The topological polar surface area (TPSA) is 83.9 Å². The van der Waals surface area contributed by atoms with Crippen molar-refractivity contribution < 1.29 is 35.7 Å². The van der Waals surface area contributed by atoms with Gasteiger partial charge in [0, 0.05) is 19.0 Å². The average Bonchev–Trinajstić information content (AvgIpc) is 2.65. The second-order valence-electron chi connectivity index (χ2n) is 6.65. The number of hydrogen-bond acceptors (Lipinski definition) is 4. The van der Waals surface area contributed by atoms with Crippen LogP contribution in [0.2, 0.25) is 0 Å². The van der Waals surface area contributed by atoms with Gasteiger partial charge >= 0.3 is 21.7 Å². The summed E-state index contributed by atoms with van der Waals surface area (Å²) in [4.78, 5) is 12.6. The average molecular weight is 395 g/mol. The molecule has 10 heteroatoms. The van der Waals surface area contributed by atoms with E-state index in [1.807, 2.05) is 13.8 Å². The maximum absolute atomic E-state index is 12.5. The first-order chi connectivity index (χ1) is 11.9. The zero-order chi connectivity index (χ0) is 19.7. The molecule has 0 bridgehead atoms. The summed E-state index contributed by atoms with van der Waals surface area (Å²) in [5.74, 6) is -0.284. The van der Waals surface area contributed by atoms with Crippen LogP contribution in [0.5, 0.6) is 5.75 Å². The number of amides is 1. The highest BCUT2D eigenvalue weighted by molar-refractivity contribution is 7.88. The van der Waals surface area contributed by atoms with Crippen molar-refractivity contribution in [3.8, 4) is 5.75 Å². The van der Waals surface area contributed by atoms with Crippen LogP contribution >= 0.6 is 0 Å². The van der Waals surface area contributed by atoms with Crippen molar-refractivity contribution in [1.29, 1.82) is 0 Å². The smallest absolute Gasteiger partial charge is 0.465 e. The van der Waals surface area contributed by atoms with Gasteiger partial charge in [0.25, 0.3) is 0 Å². The molecule has 1 aliphatic rings. The van der Waals surface area contributed by atoms with Crippen LogP contribution in [0.3, 0.4) is 0 Å². The lowest BCUT2D eigenvalue weighted by Crippen LogP contribution is -2.33. The van der Waals surface area contributed by atoms with E-state index in [1.165, 1.54) is 23.1 Å². The quantitative estimate of drug-likeness (QED) is 0.622. The molecular weight excluding hydrogens is 375 g/mol. The number of carboxylic acid groups (broad SMARTS) is 1. The predicted octanol–water partition coefficient (Wildman–Crippen LogP) is 3.58. The van der Waals surface area contributed by atoms with Gasteiger partial charge in [-0.1, -0.05) is 19.9 Å². The van der Waals surface area contributed by atoms with Crippen LogP contribution in [-0.2, 0) is 16.5 Å². The van der Waals surface area contributed by atoms with Crippen molar-refractivity contribution in [2.45, 2.75) is 38.1 Å². The van der Waals surface area contributed by atoms with Gasteiger partial charge in [-0.05, 0) is 42.0 Å². The van der Waals surface area contributed by atoms with Crippen LogP contribution in [0, 0.1) is 5.92 Å². The van der Waals surface area contributed by atoms with Crippen molar-refractivity contribution in [2.75, 3.05) is 13.1 Å². The van der Waals surface area contributed by atoms with Crippen molar-refractivity contribution in [2.24, 2.45) is 5.92 Å². The molecule has 0 spiro atoms.